The molecule has 0 aromatic heterocycles. The molecule has 1 saturated heterocycles. The molecule has 0 radical (unpaired) electrons. The first kappa shape index (κ1) is 14.5. The van der Waals surface area contributed by atoms with Gasteiger partial charge in [0.05, 0.1) is 7.11 Å². The standard InChI is InChI=1S/C13H26N2O2/c1-5-14-11(13(16)17-4)9-15-8-6-7-12(15)10(2)3/h10-12,14H,5-9H2,1-4H3. The van der Waals surface area contributed by atoms with Gasteiger partial charge < -0.3 is 10.1 Å². The van der Waals surface area contributed by atoms with Crippen molar-refractivity contribution in [3.8, 4) is 0 Å². The number of rotatable bonds is 6. The van der Waals surface area contributed by atoms with Crippen LogP contribution in [0.3, 0.4) is 0 Å². The average molecular weight is 242 g/mol. The zero-order chi connectivity index (χ0) is 12.8. The van der Waals surface area contributed by atoms with Gasteiger partial charge in [-0.2, -0.15) is 0 Å². The Hall–Kier alpha value is -0.610. The predicted molar refractivity (Wildman–Crippen MR) is 68.9 cm³/mol. The number of likely N-dealkylation sites (N-methyl/N-ethyl adjacent to an activating group) is 1. The van der Waals surface area contributed by atoms with Crippen LogP contribution >= 0.6 is 0 Å². The molecule has 2 unspecified atom stereocenters. The van der Waals surface area contributed by atoms with Crippen LogP contribution in [-0.2, 0) is 9.53 Å². The Bertz CT molecular complexity index is 244. The van der Waals surface area contributed by atoms with Crippen LogP contribution in [-0.4, -0.2) is 49.7 Å². The number of ether oxygens (including phenoxy) is 1. The topological polar surface area (TPSA) is 41.6 Å². The molecule has 0 spiro atoms. The van der Waals surface area contributed by atoms with Crippen molar-refractivity contribution >= 4 is 5.97 Å². The number of hydrogen-bond donors (Lipinski definition) is 1. The van der Waals surface area contributed by atoms with E-state index in [4.69, 9.17) is 4.74 Å². The summed E-state index contributed by atoms with van der Waals surface area (Å²) in [4.78, 5) is 14.1. The molecule has 4 heteroatoms. The quantitative estimate of drug-likeness (QED) is 0.712. The monoisotopic (exact) mass is 242 g/mol. The summed E-state index contributed by atoms with van der Waals surface area (Å²) in [7, 11) is 1.45. The summed E-state index contributed by atoms with van der Waals surface area (Å²) in [6.07, 6.45) is 2.49. The molecule has 1 N–H and O–H groups in total. The molecule has 0 aromatic rings. The fourth-order valence-electron chi connectivity index (χ4n) is 2.68. The summed E-state index contributed by atoms with van der Waals surface area (Å²) in [5.41, 5.74) is 0. The number of carbonyl (C=O) groups excluding carboxylic acids is 1. The maximum atomic E-state index is 11.7. The van der Waals surface area contributed by atoms with Gasteiger partial charge in [-0.1, -0.05) is 20.8 Å². The van der Waals surface area contributed by atoms with E-state index in [1.165, 1.54) is 20.0 Å². The van der Waals surface area contributed by atoms with E-state index in [1.807, 2.05) is 6.92 Å². The Balaban J connectivity index is 2.56. The smallest absolute Gasteiger partial charge is 0.324 e. The summed E-state index contributed by atoms with van der Waals surface area (Å²) < 4.78 is 4.84. The Labute approximate surface area is 105 Å². The molecule has 1 heterocycles. The minimum absolute atomic E-state index is 0.152. The highest BCUT2D eigenvalue weighted by atomic mass is 16.5. The molecule has 0 aliphatic carbocycles. The van der Waals surface area contributed by atoms with Crippen molar-refractivity contribution in [2.75, 3.05) is 26.7 Å². The number of nitrogens with one attached hydrogen (secondary N) is 1. The van der Waals surface area contributed by atoms with E-state index < -0.39 is 0 Å². The molecule has 1 aliphatic heterocycles. The van der Waals surface area contributed by atoms with Crippen molar-refractivity contribution in [3.63, 3.8) is 0 Å². The first-order chi connectivity index (χ1) is 8.10. The first-order valence-corrected chi connectivity index (χ1v) is 6.65. The second kappa shape index (κ2) is 6.97. The van der Waals surface area contributed by atoms with Crippen LogP contribution in [0.4, 0.5) is 0 Å². The van der Waals surface area contributed by atoms with Crippen LogP contribution in [0.5, 0.6) is 0 Å². The Kier molecular flexibility index (Phi) is 5.92. The van der Waals surface area contributed by atoms with E-state index in [0.29, 0.717) is 12.0 Å². The fraction of sp³-hybridized carbons (Fsp3) is 0.923. The molecule has 1 aliphatic rings. The minimum Gasteiger partial charge on any atom is -0.468 e. The van der Waals surface area contributed by atoms with Crippen molar-refractivity contribution in [2.24, 2.45) is 5.92 Å². The van der Waals surface area contributed by atoms with Gasteiger partial charge in [-0.15, -0.1) is 0 Å². The first-order valence-electron chi connectivity index (χ1n) is 6.65. The van der Waals surface area contributed by atoms with Gasteiger partial charge in [0.15, 0.2) is 0 Å². The van der Waals surface area contributed by atoms with Gasteiger partial charge in [0.1, 0.15) is 6.04 Å². The van der Waals surface area contributed by atoms with E-state index in [9.17, 15) is 4.79 Å². The van der Waals surface area contributed by atoms with E-state index in [0.717, 1.165) is 19.6 Å². The van der Waals surface area contributed by atoms with Gasteiger partial charge in [-0.3, -0.25) is 9.69 Å². The molecule has 0 bridgehead atoms. The second-order valence-corrected chi connectivity index (χ2v) is 5.08. The highest BCUT2D eigenvalue weighted by molar-refractivity contribution is 5.75. The normalized spacial score (nSPS) is 23.0. The third-order valence-corrected chi connectivity index (χ3v) is 3.54. The molecule has 4 nitrogen and oxygen atoms in total. The zero-order valence-electron chi connectivity index (χ0n) is 11.5. The number of esters is 1. The van der Waals surface area contributed by atoms with Crippen LogP contribution in [0.25, 0.3) is 0 Å². The molecule has 0 saturated carbocycles. The van der Waals surface area contributed by atoms with Crippen molar-refractivity contribution in [1.29, 1.82) is 0 Å². The summed E-state index contributed by atoms with van der Waals surface area (Å²) in [6, 6.07) is 0.421. The van der Waals surface area contributed by atoms with Crippen LogP contribution in [0.2, 0.25) is 0 Å². The SMILES string of the molecule is CCNC(CN1CCCC1C(C)C)C(=O)OC. The number of hydrogen-bond acceptors (Lipinski definition) is 4. The minimum atomic E-state index is -0.190. The Morgan fingerprint density at radius 2 is 2.24 bits per heavy atom. The lowest BCUT2D eigenvalue weighted by atomic mass is 10.0. The molecule has 1 rings (SSSR count). The largest absolute Gasteiger partial charge is 0.468 e. The van der Waals surface area contributed by atoms with E-state index in [-0.39, 0.29) is 12.0 Å². The fourth-order valence-corrected chi connectivity index (χ4v) is 2.68. The van der Waals surface area contributed by atoms with Gasteiger partial charge in [0.2, 0.25) is 0 Å². The maximum Gasteiger partial charge on any atom is 0.324 e. The third kappa shape index (κ3) is 3.96. The summed E-state index contributed by atoms with van der Waals surface area (Å²) in [5, 5.41) is 3.20. The van der Waals surface area contributed by atoms with Gasteiger partial charge in [-0.25, -0.2) is 0 Å². The molecule has 100 valence electrons. The number of carbonyl (C=O) groups is 1. The van der Waals surface area contributed by atoms with Gasteiger partial charge >= 0.3 is 5.97 Å². The molecule has 0 aromatic carbocycles. The van der Waals surface area contributed by atoms with Crippen LogP contribution in [0.15, 0.2) is 0 Å². The zero-order valence-corrected chi connectivity index (χ0v) is 11.5. The van der Waals surface area contributed by atoms with Crippen molar-refractivity contribution in [3.05, 3.63) is 0 Å². The number of methoxy groups -OCH3 is 1. The van der Waals surface area contributed by atoms with Crippen LogP contribution < -0.4 is 5.32 Å². The Morgan fingerprint density at radius 3 is 2.76 bits per heavy atom. The molecule has 2 atom stereocenters. The average Bonchev–Trinajstić information content (AvgIpc) is 2.75. The van der Waals surface area contributed by atoms with Crippen molar-refractivity contribution < 1.29 is 9.53 Å². The molecule has 17 heavy (non-hydrogen) atoms. The summed E-state index contributed by atoms with van der Waals surface area (Å²) >= 11 is 0. The number of nitrogens with zero attached hydrogens (tertiary/aromatic N) is 1. The van der Waals surface area contributed by atoms with Gasteiger partial charge in [0.25, 0.3) is 0 Å². The third-order valence-electron chi connectivity index (χ3n) is 3.54. The molecular formula is C13H26N2O2. The highest BCUT2D eigenvalue weighted by Crippen LogP contribution is 2.23. The molecular weight excluding hydrogens is 216 g/mol. The van der Waals surface area contributed by atoms with Crippen molar-refractivity contribution in [1.82, 2.24) is 10.2 Å². The second-order valence-electron chi connectivity index (χ2n) is 5.08. The van der Waals surface area contributed by atoms with Gasteiger partial charge in [-0.05, 0) is 31.8 Å². The van der Waals surface area contributed by atoms with Crippen LogP contribution in [0.1, 0.15) is 33.6 Å². The Morgan fingerprint density at radius 1 is 1.53 bits per heavy atom. The highest BCUT2D eigenvalue weighted by Gasteiger charge is 2.30. The maximum absolute atomic E-state index is 11.7. The predicted octanol–water partition coefficient (Wildman–Crippen LogP) is 1.26. The van der Waals surface area contributed by atoms with E-state index in [2.05, 4.69) is 24.1 Å². The van der Waals surface area contributed by atoms with Gasteiger partial charge in [0, 0.05) is 12.6 Å². The molecule has 0 amide bonds. The van der Waals surface area contributed by atoms with E-state index >= 15 is 0 Å². The summed E-state index contributed by atoms with van der Waals surface area (Å²) in [5.74, 6) is 0.499. The number of likely N-dealkylation sites (tertiary alicyclic amines) is 1. The molecule has 1 fully saturated rings. The van der Waals surface area contributed by atoms with Crippen LogP contribution in [0, 0.1) is 5.92 Å². The lowest BCUT2D eigenvalue weighted by Gasteiger charge is -2.30. The lowest BCUT2D eigenvalue weighted by Crippen LogP contribution is -2.48. The van der Waals surface area contributed by atoms with Crippen molar-refractivity contribution in [2.45, 2.75) is 45.7 Å². The summed E-state index contributed by atoms with van der Waals surface area (Å²) in [6.45, 7) is 9.18. The van der Waals surface area contributed by atoms with E-state index in [1.54, 1.807) is 0 Å². The lowest BCUT2D eigenvalue weighted by molar-refractivity contribution is -0.143.